The standard InChI is InChI=1S/C13H26ClN/c1-2-3-4-7-10-15-12-13(11-14)8-5-6-9-13/h15H,2-12H2,1H3. The molecule has 1 fully saturated rings. The lowest BCUT2D eigenvalue weighted by Gasteiger charge is -2.26. The number of nitrogens with one attached hydrogen (secondary N) is 1. The van der Waals surface area contributed by atoms with Crippen LogP contribution in [-0.2, 0) is 0 Å². The van der Waals surface area contributed by atoms with Gasteiger partial charge in [-0.15, -0.1) is 11.6 Å². The van der Waals surface area contributed by atoms with Crippen LogP contribution in [0, 0.1) is 5.41 Å². The molecule has 0 aliphatic heterocycles. The minimum absolute atomic E-state index is 0.437. The Kier molecular flexibility index (Phi) is 6.67. The fourth-order valence-corrected chi connectivity index (χ4v) is 2.87. The summed E-state index contributed by atoms with van der Waals surface area (Å²) in [6.07, 6.45) is 10.8. The molecule has 0 aromatic heterocycles. The number of rotatable bonds is 8. The summed E-state index contributed by atoms with van der Waals surface area (Å²) < 4.78 is 0. The highest BCUT2D eigenvalue weighted by molar-refractivity contribution is 6.18. The topological polar surface area (TPSA) is 12.0 Å². The first-order chi connectivity index (χ1) is 7.33. The van der Waals surface area contributed by atoms with Gasteiger partial charge in [-0.3, -0.25) is 0 Å². The van der Waals surface area contributed by atoms with Crippen LogP contribution in [0.2, 0.25) is 0 Å². The third-order valence-electron chi connectivity index (χ3n) is 3.65. The summed E-state index contributed by atoms with van der Waals surface area (Å²) >= 11 is 6.09. The monoisotopic (exact) mass is 231 g/mol. The maximum Gasteiger partial charge on any atom is 0.0292 e. The van der Waals surface area contributed by atoms with E-state index in [0.29, 0.717) is 5.41 Å². The molecule has 0 heterocycles. The Hall–Kier alpha value is 0.250. The second-order valence-corrected chi connectivity index (χ2v) is 5.35. The van der Waals surface area contributed by atoms with Crippen LogP contribution < -0.4 is 5.32 Å². The van der Waals surface area contributed by atoms with E-state index in [4.69, 9.17) is 11.6 Å². The number of halogens is 1. The zero-order valence-corrected chi connectivity index (χ0v) is 10.9. The minimum Gasteiger partial charge on any atom is -0.316 e. The van der Waals surface area contributed by atoms with Gasteiger partial charge >= 0.3 is 0 Å². The van der Waals surface area contributed by atoms with Gasteiger partial charge in [0.05, 0.1) is 0 Å². The maximum atomic E-state index is 6.09. The highest BCUT2D eigenvalue weighted by atomic mass is 35.5. The van der Waals surface area contributed by atoms with E-state index >= 15 is 0 Å². The molecule has 1 saturated carbocycles. The summed E-state index contributed by atoms with van der Waals surface area (Å²) in [7, 11) is 0. The fraction of sp³-hybridized carbons (Fsp3) is 1.00. The molecule has 0 unspecified atom stereocenters. The highest BCUT2D eigenvalue weighted by Gasteiger charge is 2.32. The predicted octanol–water partition coefficient (Wildman–Crippen LogP) is 3.96. The van der Waals surface area contributed by atoms with E-state index in [-0.39, 0.29) is 0 Å². The van der Waals surface area contributed by atoms with E-state index in [9.17, 15) is 0 Å². The van der Waals surface area contributed by atoms with Crippen LogP contribution in [0.3, 0.4) is 0 Å². The predicted molar refractivity (Wildman–Crippen MR) is 68.6 cm³/mol. The van der Waals surface area contributed by atoms with E-state index in [1.54, 1.807) is 0 Å². The van der Waals surface area contributed by atoms with Crippen LogP contribution in [0.15, 0.2) is 0 Å². The Morgan fingerprint density at radius 1 is 1.13 bits per heavy atom. The first-order valence-corrected chi connectivity index (χ1v) is 7.13. The molecule has 1 aliphatic carbocycles. The summed E-state index contributed by atoms with van der Waals surface area (Å²) in [6.45, 7) is 4.58. The summed E-state index contributed by atoms with van der Waals surface area (Å²) in [4.78, 5) is 0. The van der Waals surface area contributed by atoms with Crippen LogP contribution in [0.4, 0.5) is 0 Å². The van der Waals surface area contributed by atoms with E-state index in [0.717, 1.165) is 12.4 Å². The molecule has 0 aromatic rings. The number of hydrogen-bond donors (Lipinski definition) is 1. The molecule has 2 heteroatoms. The van der Waals surface area contributed by atoms with Crippen molar-refractivity contribution >= 4 is 11.6 Å². The van der Waals surface area contributed by atoms with Crippen LogP contribution in [0.1, 0.15) is 58.3 Å². The van der Waals surface area contributed by atoms with Crippen molar-refractivity contribution in [3.63, 3.8) is 0 Å². The number of hydrogen-bond acceptors (Lipinski definition) is 1. The first kappa shape index (κ1) is 13.3. The molecule has 0 saturated heterocycles. The van der Waals surface area contributed by atoms with Crippen molar-refractivity contribution < 1.29 is 0 Å². The summed E-state index contributed by atoms with van der Waals surface area (Å²) in [5, 5.41) is 3.59. The molecule has 1 N–H and O–H groups in total. The van der Waals surface area contributed by atoms with E-state index in [2.05, 4.69) is 12.2 Å². The molecule has 0 radical (unpaired) electrons. The summed E-state index contributed by atoms with van der Waals surface area (Å²) in [6, 6.07) is 0. The molecular formula is C13H26ClN. The average Bonchev–Trinajstić information content (AvgIpc) is 2.73. The lowest BCUT2D eigenvalue weighted by Crippen LogP contribution is -2.34. The van der Waals surface area contributed by atoms with Crippen molar-refractivity contribution in [2.45, 2.75) is 58.3 Å². The van der Waals surface area contributed by atoms with Gasteiger partial charge in [0.25, 0.3) is 0 Å². The largest absolute Gasteiger partial charge is 0.316 e. The van der Waals surface area contributed by atoms with Gasteiger partial charge in [0, 0.05) is 12.4 Å². The Morgan fingerprint density at radius 2 is 1.87 bits per heavy atom. The fourth-order valence-electron chi connectivity index (χ4n) is 2.51. The summed E-state index contributed by atoms with van der Waals surface area (Å²) in [5.41, 5.74) is 0.437. The van der Waals surface area contributed by atoms with Gasteiger partial charge in [-0.05, 0) is 31.2 Å². The SMILES string of the molecule is CCCCCCNCC1(CCl)CCCC1. The van der Waals surface area contributed by atoms with Crippen LogP contribution in [0.25, 0.3) is 0 Å². The maximum absolute atomic E-state index is 6.09. The molecule has 0 bridgehead atoms. The highest BCUT2D eigenvalue weighted by Crippen LogP contribution is 2.38. The molecule has 15 heavy (non-hydrogen) atoms. The third-order valence-corrected chi connectivity index (χ3v) is 4.22. The van der Waals surface area contributed by atoms with Crippen LogP contribution in [-0.4, -0.2) is 19.0 Å². The zero-order chi connectivity index (χ0) is 11.0. The Bertz CT molecular complexity index is 153. The summed E-state index contributed by atoms with van der Waals surface area (Å²) in [5.74, 6) is 0.842. The lowest BCUT2D eigenvalue weighted by molar-refractivity contribution is 0.320. The smallest absolute Gasteiger partial charge is 0.0292 e. The molecule has 0 atom stereocenters. The number of unbranched alkanes of at least 4 members (excludes halogenated alkanes) is 3. The van der Waals surface area contributed by atoms with Crippen LogP contribution in [0.5, 0.6) is 0 Å². The normalized spacial score (nSPS) is 19.6. The van der Waals surface area contributed by atoms with Crippen molar-refractivity contribution in [3.05, 3.63) is 0 Å². The van der Waals surface area contributed by atoms with Crippen molar-refractivity contribution in [3.8, 4) is 0 Å². The van der Waals surface area contributed by atoms with Gasteiger partial charge in [-0.1, -0.05) is 39.0 Å². The molecule has 1 nitrogen and oxygen atoms in total. The Morgan fingerprint density at radius 3 is 2.47 bits per heavy atom. The third kappa shape index (κ3) is 4.74. The van der Waals surface area contributed by atoms with Gasteiger partial charge in [0.15, 0.2) is 0 Å². The van der Waals surface area contributed by atoms with Gasteiger partial charge in [0.1, 0.15) is 0 Å². The zero-order valence-electron chi connectivity index (χ0n) is 10.2. The Balaban J connectivity index is 2.02. The molecular weight excluding hydrogens is 206 g/mol. The molecule has 1 rings (SSSR count). The lowest BCUT2D eigenvalue weighted by atomic mass is 9.88. The van der Waals surface area contributed by atoms with Crippen molar-refractivity contribution in [1.82, 2.24) is 5.32 Å². The second kappa shape index (κ2) is 7.51. The quantitative estimate of drug-likeness (QED) is 0.493. The molecule has 0 spiro atoms. The molecule has 0 amide bonds. The number of alkyl halides is 1. The van der Waals surface area contributed by atoms with Gasteiger partial charge in [0.2, 0.25) is 0 Å². The van der Waals surface area contributed by atoms with E-state index in [1.807, 2.05) is 0 Å². The molecule has 1 aliphatic rings. The van der Waals surface area contributed by atoms with E-state index in [1.165, 1.54) is 57.9 Å². The van der Waals surface area contributed by atoms with Gasteiger partial charge in [-0.2, -0.15) is 0 Å². The van der Waals surface area contributed by atoms with E-state index < -0.39 is 0 Å². The van der Waals surface area contributed by atoms with Crippen molar-refractivity contribution in [1.29, 1.82) is 0 Å². The van der Waals surface area contributed by atoms with Gasteiger partial charge in [-0.25, -0.2) is 0 Å². The molecule has 90 valence electrons. The average molecular weight is 232 g/mol. The Labute approximate surface area is 100.0 Å². The second-order valence-electron chi connectivity index (χ2n) is 5.08. The van der Waals surface area contributed by atoms with Crippen molar-refractivity contribution in [2.75, 3.05) is 19.0 Å². The van der Waals surface area contributed by atoms with Gasteiger partial charge < -0.3 is 5.32 Å². The van der Waals surface area contributed by atoms with Crippen molar-refractivity contribution in [2.24, 2.45) is 5.41 Å². The minimum atomic E-state index is 0.437. The first-order valence-electron chi connectivity index (χ1n) is 6.60. The molecule has 0 aromatic carbocycles. The van der Waals surface area contributed by atoms with Crippen LogP contribution >= 0.6 is 11.6 Å².